The molecular formula is C20H26N2. The molecule has 3 aromatic rings. The third-order valence-electron chi connectivity index (χ3n) is 4.70. The molecule has 22 heavy (non-hydrogen) atoms. The Kier molecular flexibility index (Phi) is 4.21. The Labute approximate surface area is 133 Å². The van der Waals surface area contributed by atoms with E-state index < -0.39 is 0 Å². The van der Waals surface area contributed by atoms with Crippen molar-refractivity contribution < 1.29 is 0 Å². The SMILES string of the molecule is CCN(CC)Cc1ccc2c3cc(C)ccc3n(CC)c2c1. The fourth-order valence-corrected chi connectivity index (χ4v) is 3.40. The first-order valence-electron chi connectivity index (χ1n) is 8.41. The molecule has 0 spiro atoms. The minimum absolute atomic E-state index is 1.01. The van der Waals surface area contributed by atoms with Crippen molar-refractivity contribution >= 4 is 21.8 Å². The van der Waals surface area contributed by atoms with Crippen molar-refractivity contribution in [1.82, 2.24) is 9.47 Å². The monoisotopic (exact) mass is 294 g/mol. The minimum atomic E-state index is 1.01. The summed E-state index contributed by atoms with van der Waals surface area (Å²) < 4.78 is 2.44. The van der Waals surface area contributed by atoms with Gasteiger partial charge in [-0.1, -0.05) is 37.6 Å². The maximum Gasteiger partial charge on any atom is 0.0494 e. The third-order valence-corrected chi connectivity index (χ3v) is 4.70. The molecule has 1 heterocycles. The van der Waals surface area contributed by atoms with Crippen LogP contribution in [0.4, 0.5) is 0 Å². The molecule has 0 aliphatic carbocycles. The number of fused-ring (bicyclic) bond motifs is 3. The normalized spacial score (nSPS) is 11.9. The van der Waals surface area contributed by atoms with E-state index >= 15 is 0 Å². The lowest BCUT2D eigenvalue weighted by atomic mass is 10.1. The largest absolute Gasteiger partial charge is 0.341 e. The summed E-state index contributed by atoms with van der Waals surface area (Å²) in [5, 5.41) is 2.76. The molecule has 0 radical (unpaired) electrons. The van der Waals surface area contributed by atoms with Gasteiger partial charge in [-0.2, -0.15) is 0 Å². The van der Waals surface area contributed by atoms with Gasteiger partial charge in [0.25, 0.3) is 0 Å². The van der Waals surface area contributed by atoms with Gasteiger partial charge in [0.2, 0.25) is 0 Å². The number of rotatable bonds is 5. The number of nitrogens with zero attached hydrogens (tertiary/aromatic N) is 2. The van der Waals surface area contributed by atoms with Crippen LogP contribution in [0.2, 0.25) is 0 Å². The summed E-state index contributed by atoms with van der Waals surface area (Å²) in [6.07, 6.45) is 0. The summed E-state index contributed by atoms with van der Waals surface area (Å²) in [5.74, 6) is 0. The lowest BCUT2D eigenvalue weighted by Crippen LogP contribution is -2.22. The Balaban J connectivity index is 2.17. The van der Waals surface area contributed by atoms with Crippen LogP contribution in [0.25, 0.3) is 21.8 Å². The molecule has 3 rings (SSSR count). The Morgan fingerprint density at radius 3 is 2.32 bits per heavy atom. The molecule has 0 atom stereocenters. The van der Waals surface area contributed by atoms with Crippen molar-refractivity contribution in [3.63, 3.8) is 0 Å². The third kappa shape index (κ3) is 2.52. The Bertz CT molecular complexity index is 794. The maximum absolute atomic E-state index is 2.46. The lowest BCUT2D eigenvalue weighted by Gasteiger charge is -2.18. The molecule has 0 N–H and O–H groups in total. The molecule has 0 fully saturated rings. The number of aromatic nitrogens is 1. The standard InChI is InChI=1S/C20H26N2/c1-5-21(6-2)14-16-9-10-17-18-12-15(4)8-11-19(18)22(7-3)20(17)13-16/h8-13H,5-7,14H2,1-4H3. The molecule has 0 bridgehead atoms. The molecule has 0 amide bonds. The first-order chi connectivity index (χ1) is 10.7. The Morgan fingerprint density at radius 1 is 0.864 bits per heavy atom. The van der Waals surface area contributed by atoms with E-state index in [9.17, 15) is 0 Å². The van der Waals surface area contributed by atoms with Crippen LogP contribution in [0.3, 0.4) is 0 Å². The van der Waals surface area contributed by atoms with Crippen molar-refractivity contribution in [3.05, 3.63) is 47.5 Å². The van der Waals surface area contributed by atoms with Crippen LogP contribution in [0.5, 0.6) is 0 Å². The molecule has 2 nitrogen and oxygen atoms in total. The quantitative estimate of drug-likeness (QED) is 0.645. The van der Waals surface area contributed by atoms with Gasteiger partial charge in [0.15, 0.2) is 0 Å². The van der Waals surface area contributed by atoms with Gasteiger partial charge >= 0.3 is 0 Å². The predicted molar refractivity (Wildman–Crippen MR) is 96.5 cm³/mol. The van der Waals surface area contributed by atoms with Crippen molar-refractivity contribution in [2.75, 3.05) is 13.1 Å². The molecule has 0 aliphatic heterocycles. The number of hydrogen-bond donors (Lipinski definition) is 0. The fraction of sp³-hybridized carbons (Fsp3) is 0.400. The summed E-state index contributed by atoms with van der Waals surface area (Å²) >= 11 is 0. The van der Waals surface area contributed by atoms with Crippen LogP contribution >= 0.6 is 0 Å². The van der Waals surface area contributed by atoms with E-state index in [1.807, 2.05) is 0 Å². The van der Waals surface area contributed by atoms with Gasteiger partial charge in [-0.3, -0.25) is 4.90 Å². The summed E-state index contributed by atoms with van der Waals surface area (Å²) in [5.41, 5.74) is 5.45. The number of aryl methyl sites for hydroxylation is 2. The average Bonchev–Trinajstić information content (AvgIpc) is 2.84. The molecule has 0 aliphatic rings. The van der Waals surface area contributed by atoms with Crippen LogP contribution in [-0.4, -0.2) is 22.6 Å². The van der Waals surface area contributed by atoms with E-state index in [4.69, 9.17) is 0 Å². The van der Waals surface area contributed by atoms with Crippen molar-refractivity contribution in [2.45, 2.75) is 40.8 Å². The first kappa shape index (κ1) is 15.1. The van der Waals surface area contributed by atoms with Gasteiger partial charge in [-0.15, -0.1) is 0 Å². The lowest BCUT2D eigenvalue weighted by molar-refractivity contribution is 0.296. The topological polar surface area (TPSA) is 8.17 Å². The smallest absolute Gasteiger partial charge is 0.0494 e. The van der Waals surface area contributed by atoms with E-state index in [2.05, 4.69) is 73.6 Å². The molecule has 0 saturated heterocycles. The summed E-state index contributed by atoms with van der Waals surface area (Å²) in [7, 11) is 0. The van der Waals surface area contributed by atoms with E-state index in [0.29, 0.717) is 0 Å². The van der Waals surface area contributed by atoms with E-state index in [1.54, 1.807) is 0 Å². The molecule has 0 saturated carbocycles. The van der Waals surface area contributed by atoms with Crippen molar-refractivity contribution in [3.8, 4) is 0 Å². The summed E-state index contributed by atoms with van der Waals surface area (Å²) in [4.78, 5) is 2.46. The Morgan fingerprint density at radius 2 is 1.64 bits per heavy atom. The highest BCUT2D eigenvalue weighted by atomic mass is 15.1. The van der Waals surface area contributed by atoms with Gasteiger partial charge in [0.05, 0.1) is 0 Å². The Hall–Kier alpha value is -1.80. The van der Waals surface area contributed by atoms with Crippen molar-refractivity contribution in [1.29, 1.82) is 0 Å². The van der Waals surface area contributed by atoms with E-state index in [1.165, 1.54) is 32.9 Å². The van der Waals surface area contributed by atoms with Gasteiger partial charge in [0, 0.05) is 34.9 Å². The molecular weight excluding hydrogens is 268 g/mol. The van der Waals surface area contributed by atoms with Crippen molar-refractivity contribution in [2.24, 2.45) is 0 Å². The zero-order valence-electron chi connectivity index (χ0n) is 14.2. The average molecular weight is 294 g/mol. The highest BCUT2D eigenvalue weighted by Crippen LogP contribution is 2.30. The predicted octanol–water partition coefficient (Wildman–Crippen LogP) is 4.96. The number of benzene rings is 2. The van der Waals surface area contributed by atoms with Crippen LogP contribution in [0.15, 0.2) is 36.4 Å². The summed E-state index contributed by atoms with van der Waals surface area (Å²) in [6.45, 7) is 13.1. The molecule has 0 unspecified atom stereocenters. The minimum Gasteiger partial charge on any atom is -0.341 e. The van der Waals surface area contributed by atoms with Crippen LogP contribution < -0.4 is 0 Å². The fourth-order valence-electron chi connectivity index (χ4n) is 3.40. The van der Waals surface area contributed by atoms with Crippen LogP contribution in [0.1, 0.15) is 31.9 Å². The molecule has 1 aromatic heterocycles. The van der Waals surface area contributed by atoms with Gasteiger partial charge in [0.1, 0.15) is 0 Å². The van der Waals surface area contributed by atoms with Crippen LogP contribution in [-0.2, 0) is 13.1 Å². The maximum atomic E-state index is 2.46. The second-order valence-electron chi connectivity index (χ2n) is 6.08. The second kappa shape index (κ2) is 6.13. The highest BCUT2D eigenvalue weighted by molar-refractivity contribution is 6.08. The summed E-state index contributed by atoms with van der Waals surface area (Å²) in [6, 6.07) is 13.8. The molecule has 2 aromatic carbocycles. The van der Waals surface area contributed by atoms with Gasteiger partial charge in [-0.25, -0.2) is 0 Å². The number of hydrogen-bond acceptors (Lipinski definition) is 1. The van der Waals surface area contributed by atoms with E-state index in [-0.39, 0.29) is 0 Å². The zero-order valence-corrected chi connectivity index (χ0v) is 14.2. The zero-order chi connectivity index (χ0) is 15.7. The first-order valence-corrected chi connectivity index (χ1v) is 8.41. The van der Waals surface area contributed by atoms with Gasteiger partial charge in [-0.05, 0) is 50.7 Å². The second-order valence-corrected chi connectivity index (χ2v) is 6.08. The highest BCUT2D eigenvalue weighted by Gasteiger charge is 2.11. The van der Waals surface area contributed by atoms with Gasteiger partial charge < -0.3 is 4.57 Å². The molecule has 2 heteroatoms. The molecule has 116 valence electrons. The van der Waals surface area contributed by atoms with E-state index in [0.717, 1.165) is 26.2 Å². The van der Waals surface area contributed by atoms with Crippen LogP contribution in [0, 0.1) is 6.92 Å².